The molecule has 1 fully saturated rings. The first-order valence-electron chi connectivity index (χ1n) is 7.74. The Morgan fingerprint density at radius 2 is 1.82 bits per heavy atom. The maximum atomic E-state index is 12.2. The zero-order valence-corrected chi connectivity index (χ0v) is 13.6. The summed E-state index contributed by atoms with van der Waals surface area (Å²) in [7, 11) is 0. The Morgan fingerprint density at radius 1 is 1.18 bits per heavy atom. The van der Waals surface area contributed by atoms with Gasteiger partial charge in [0.05, 0.1) is 0 Å². The molecule has 1 saturated heterocycles. The van der Waals surface area contributed by atoms with Crippen molar-refractivity contribution in [3.8, 4) is 0 Å². The zero-order valence-electron chi connectivity index (χ0n) is 13.6. The van der Waals surface area contributed by atoms with Crippen LogP contribution in [0.2, 0.25) is 0 Å². The Balaban J connectivity index is 2.55. The topological polar surface area (TPSA) is 108 Å². The molecule has 0 aliphatic carbocycles. The molecular weight excluding hydrogens is 288 g/mol. The molecule has 126 valence electrons. The van der Waals surface area contributed by atoms with Crippen molar-refractivity contribution in [1.29, 1.82) is 0 Å². The van der Waals surface area contributed by atoms with Gasteiger partial charge in [-0.1, -0.05) is 34.1 Å². The van der Waals surface area contributed by atoms with Crippen molar-refractivity contribution < 1.29 is 24.2 Å². The summed E-state index contributed by atoms with van der Waals surface area (Å²) >= 11 is 0. The van der Waals surface area contributed by atoms with Gasteiger partial charge in [-0.25, -0.2) is 4.79 Å². The van der Waals surface area contributed by atoms with E-state index < -0.39 is 30.1 Å². The maximum absolute atomic E-state index is 12.2. The first-order valence-corrected chi connectivity index (χ1v) is 7.74. The molecule has 1 rings (SSSR count). The highest BCUT2D eigenvalue weighted by atomic mass is 16.6. The minimum absolute atomic E-state index is 0.0509. The standard InChI is InChI=1S/C15H26N2O5/c1-5-9(4)10(13(18)16-7-6-8(2)3)17-14(19)11-12(22-11)15(20)21/h8-12H,5-7H2,1-4H3,(H,16,18)(H,17,19)(H,20,21)/t9-,10-,11-,12-/m0/s1. The van der Waals surface area contributed by atoms with Gasteiger partial charge in [0.2, 0.25) is 5.91 Å². The molecule has 1 aliphatic heterocycles. The molecule has 0 saturated carbocycles. The highest BCUT2D eigenvalue weighted by Crippen LogP contribution is 2.23. The molecule has 0 bridgehead atoms. The van der Waals surface area contributed by atoms with Crippen molar-refractivity contribution >= 4 is 17.8 Å². The molecule has 7 nitrogen and oxygen atoms in total. The fourth-order valence-electron chi connectivity index (χ4n) is 2.03. The van der Waals surface area contributed by atoms with Gasteiger partial charge in [0.15, 0.2) is 12.2 Å². The van der Waals surface area contributed by atoms with E-state index in [0.29, 0.717) is 12.5 Å². The fourth-order valence-corrected chi connectivity index (χ4v) is 2.03. The molecule has 1 aliphatic rings. The average Bonchev–Trinajstić information content (AvgIpc) is 3.23. The van der Waals surface area contributed by atoms with Gasteiger partial charge >= 0.3 is 5.97 Å². The van der Waals surface area contributed by atoms with E-state index in [1.807, 2.05) is 13.8 Å². The fraction of sp³-hybridized carbons (Fsp3) is 0.800. The van der Waals surface area contributed by atoms with Crippen LogP contribution in [-0.4, -0.2) is 47.7 Å². The van der Waals surface area contributed by atoms with Gasteiger partial charge in [-0.2, -0.15) is 0 Å². The van der Waals surface area contributed by atoms with Crippen LogP contribution < -0.4 is 10.6 Å². The molecule has 2 amide bonds. The molecule has 0 aromatic rings. The summed E-state index contributed by atoms with van der Waals surface area (Å²) in [6.45, 7) is 8.48. The molecule has 22 heavy (non-hydrogen) atoms. The van der Waals surface area contributed by atoms with Gasteiger partial charge < -0.3 is 20.5 Å². The second-order valence-corrected chi connectivity index (χ2v) is 6.16. The molecule has 4 atom stereocenters. The molecule has 0 aromatic carbocycles. The average molecular weight is 314 g/mol. The third-order valence-electron chi connectivity index (χ3n) is 3.81. The summed E-state index contributed by atoms with van der Waals surface area (Å²) in [4.78, 5) is 34.9. The number of epoxide rings is 1. The number of amides is 2. The van der Waals surface area contributed by atoms with E-state index in [2.05, 4.69) is 24.5 Å². The number of carboxylic acids is 1. The molecule has 0 aromatic heterocycles. The summed E-state index contributed by atoms with van der Waals surface area (Å²) in [5.74, 6) is -1.52. The number of carboxylic acid groups (broad SMARTS) is 1. The third kappa shape index (κ3) is 5.29. The Labute approximate surface area is 130 Å². The Morgan fingerprint density at radius 3 is 2.27 bits per heavy atom. The van der Waals surface area contributed by atoms with E-state index in [1.54, 1.807) is 0 Å². The molecular formula is C15H26N2O5. The molecule has 7 heteroatoms. The van der Waals surface area contributed by atoms with E-state index in [4.69, 9.17) is 9.84 Å². The van der Waals surface area contributed by atoms with Crippen LogP contribution in [-0.2, 0) is 19.1 Å². The van der Waals surface area contributed by atoms with Crippen LogP contribution in [0.4, 0.5) is 0 Å². The van der Waals surface area contributed by atoms with Crippen molar-refractivity contribution in [2.45, 2.75) is 58.8 Å². The van der Waals surface area contributed by atoms with Crippen molar-refractivity contribution in [2.75, 3.05) is 6.54 Å². The normalized spacial score (nSPS) is 22.8. The number of ether oxygens (including phenoxy) is 1. The van der Waals surface area contributed by atoms with E-state index in [9.17, 15) is 14.4 Å². The van der Waals surface area contributed by atoms with Gasteiger partial charge in [-0.3, -0.25) is 9.59 Å². The van der Waals surface area contributed by atoms with Gasteiger partial charge in [-0.05, 0) is 18.3 Å². The van der Waals surface area contributed by atoms with Crippen LogP contribution in [0.15, 0.2) is 0 Å². The summed E-state index contributed by atoms with van der Waals surface area (Å²) < 4.78 is 4.80. The molecule has 0 radical (unpaired) electrons. The van der Waals surface area contributed by atoms with Gasteiger partial charge in [0.1, 0.15) is 6.04 Å². The first-order chi connectivity index (χ1) is 10.3. The van der Waals surface area contributed by atoms with Crippen LogP contribution in [0.25, 0.3) is 0 Å². The van der Waals surface area contributed by atoms with Crippen molar-refractivity contribution in [3.63, 3.8) is 0 Å². The van der Waals surface area contributed by atoms with E-state index >= 15 is 0 Å². The van der Waals surface area contributed by atoms with Crippen LogP contribution in [0.1, 0.15) is 40.5 Å². The second-order valence-electron chi connectivity index (χ2n) is 6.16. The largest absolute Gasteiger partial charge is 0.479 e. The molecule has 1 heterocycles. The SMILES string of the molecule is CC[C@H](C)[C@H](NC(=O)[C@H]1O[C@@H]1C(=O)O)C(=O)NCCC(C)C. The van der Waals surface area contributed by atoms with E-state index in [0.717, 1.165) is 12.8 Å². The Bertz CT molecular complexity index is 424. The maximum Gasteiger partial charge on any atom is 0.336 e. The van der Waals surface area contributed by atoms with Gasteiger partial charge in [0, 0.05) is 6.54 Å². The predicted octanol–water partition coefficient (Wildman–Crippen LogP) is 0.532. The predicted molar refractivity (Wildman–Crippen MR) is 80.1 cm³/mol. The zero-order chi connectivity index (χ0) is 16.9. The van der Waals surface area contributed by atoms with E-state index in [-0.39, 0.29) is 11.8 Å². The lowest BCUT2D eigenvalue weighted by atomic mass is 9.98. The number of carbonyl (C=O) groups excluding carboxylic acids is 2. The summed E-state index contributed by atoms with van der Waals surface area (Å²) in [5, 5.41) is 14.2. The number of hydrogen-bond donors (Lipinski definition) is 3. The lowest BCUT2D eigenvalue weighted by Crippen LogP contribution is -2.51. The van der Waals surface area contributed by atoms with E-state index in [1.165, 1.54) is 0 Å². The van der Waals surface area contributed by atoms with Crippen LogP contribution >= 0.6 is 0 Å². The van der Waals surface area contributed by atoms with Crippen LogP contribution in [0.5, 0.6) is 0 Å². The first kappa shape index (κ1) is 18.4. The lowest BCUT2D eigenvalue weighted by Gasteiger charge is -2.23. The molecule has 0 spiro atoms. The summed E-state index contributed by atoms with van der Waals surface area (Å²) in [5.41, 5.74) is 0. The minimum atomic E-state index is -1.17. The summed E-state index contributed by atoms with van der Waals surface area (Å²) in [6.07, 6.45) is -0.509. The van der Waals surface area contributed by atoms with Crippen LogP contribution in [0, 0.1) is 11.8 Å². The van der Waals surface area contributed by atoms with Crippen molar-refractivity contribution in [1.82, 2.24) is 10.6 Å². The summed E-state index contributed by atoms with van der Waals surface area (Å²) in [6, 6.07) is -0.677. The number of rotatable bonds is 9. The number of aliphatic carboxylic acids is 1. The number of nitrogens with one attached hydrogen (secondary N) is 2. The third-order valence-corrected chi connectivity index (χ3v) is 3.81. The number of carbonyl (C=O) groups is 3. The highest BCUT2D eigenvalue weighted by molar-refractivity contribution is 5.95. The van der Waals surface area contributed by atoms with Gasteiger partial charge in [-0.15, -0.1) is 0 Å². The number of hydrogen-bond acceptors (Lipinski definition) is 4. The monoisotopic (exact) mass is 314 g/mol. The minimum Gasteiger partial charge on any atom is -0.479 e. The molecule has 0 unspecified atom stereocenters. The Hall–Kier alpha value is -1.63. The quantitative estimate of drug-likeness (QED) is 0.538. The van der Waals surface area contributed by atoms with Crippen molar-refractivity contribution in [2.24, 2.45) is 11.8 Å². The van der Waals surface area contributed by atoms with Crippen LogP contribution in [0.3, 0.4) is 0 Å². The van der Waals surface area contributed by atoms with Gasteiger partial charge in [0.25, 0.3) is 5.91 Å². The van der Waals surface area contributed by atoms with Crippen molar-refractivity contribution in [3.05, 3.63) is 0 Å². The molecule has 3 N–H and O–H groups in total. The smallest absolute Gasteiger partial charge is 0.336 e. The highest BCUT2D eigenvalue weighted by Gasteiger charge is 2.51. The Kier molecular flexibility index (Phi) is 6.80. The second kappa shape index (κ2) is 8.12. The lowest BCUT2D eigenvalue weighted by molar-refractivity contribution is -0.138.